The predicted molar refractivity (Wildman–Crippen MR) is 66.2 cm³/mol. The van der Waals surface area contributed by atoms with Gasteiger partial charge in [-0.2, -0.15) is 0 Å². The van der Waals surface area contributed by atoms with Crippen LogP contribution >= 0.6 is 15.6 Å². The lowest BCUT2D eigenvalue weighted by atomic mass is 9.85. The van der Waals surface area contributed by atoms with Gasteiger partial charge in [0, 0.05) is 0 Å². The molecule has 0 aromatic heterocycles. The Hall–Kier alpha value is -0.0200. The van der Waals surface area contributed by atoms with Crippen LogP contribution in [0.1, 0.15) is 0 Å². The van der Waals surface area contributed by atoms with E-state index in [4.69, 9.17) is 14.7 Å². The van der Waals surface area contributed by atoms with E-state index in [1.807, 2.05) is 0 Å². The zero-order valence-electron chi connectivity index (χ0n) is 10.7. The minimum atomic E-state index is -5.45. The molecule has 1 saturated carbocycles. The molecular formula is C6H17N2O12P2-3. The van der Waals surface area contributed by atoms with Crippen molar-refractivity contribution in [2.75, 3.05) is 0 Å². The number of aliphatic hydroxyl groups excluding tert-OH is 4. The number of rotatable bonds is 4. The van der Waals surface area contributed by atoms with Gasteiger partial charge in [-0.1, -0.05) is 0 Å². The van der Waals surface area contributed by atoms with Gasteiger partial charge in [0.25, 0.3) is 7.82 Å². The van der Waals surface area contributed by atoms with Crippen LogP contribution in [0.2, 0.25) is 0 Å². The molecule has 136 valence electrons. The average molecular weight is 371 g/mol. The number of phosphoric ester groups is 2. The van der Waals surface area contributed by atoms with Crippen LogP contribution in [0.15, 0.2) is 0 Å². The fourth-order valence-electron chi connectivity index (χ4n) is 1.74. The molecule has 7 atom stereocenters. The largest absolute Gasteiger partial charge is 0.756 e. The number of hydrogen-bond donors (Lipinski definition) is 7. The number of nitrogens with two attached hydrogens (primary N) is 2. The summed E-state index contributed by atoms with van der Waals surface area (Å²) < 4.78 is 29.2. The first kappa shape index (κ1) is 24.2. The highest BCUT2D eigenvalue weighted by molar-refractivity contribution is 7.46. The van der Waals surface area contributed by atoms with Crippen molar-refractivity contribution in [3.63, 3.8) is 0 Å². The molecule has 1 aliphatic rings. The zero-order chi connectivity index (χ0) is 15.9. The van der Waals surface area contributed by atoms with Crippen LogP contribution in [-0.4, -0.2) is 71.7 Å². The van der Waals surface area contributed by atoms with Crippen LogP contribution in [0, 0.1) is 0 Å². The zero-order valence-corrected chi connectivity index (χ0v) is 12.5. The fourth-order valence-corrected chi connectivity index (χ4v) is 2.87. The summed E-state index contributed by atoms with van der Waals surface area (Å²) in [5.41, 5.74) is 0. The topological polar surface area (TPSA) is 284 Å². The highest BCUT2D eigenvalue weighted by Crippen LogP contribution is 2.44. The van der Waals surface area contributed by atoms with Gasteiger partial charge in [-0.3, -0.25) is 9.09 Å². The fraction of sp³-hybridized carbons (Fsp3) is 1.00. The molecule has 1 aliphatic carbocycles. The highest BCUT2D eigenvalue weighted by Gasteiger charge is 2.52. The molecule has 0 saturated heterocycles. The Labute approximate surface area is 124 Å². The van der Waals surface area contributed by atoms with Crippen molar-refractivity contribution in [2.24, 2.45) is 0 Å². The standard InChI is InChI=1S/C6H14O12P2.2H2N/c7-1-2(8)5(17-19(11,12)13)4(10)6(3(1)9)18-20(14,15)16;;/h1-10H,(H2,11,12,13)(H2,14,15,16);2*1H2/q;2*-1/p-1/t1?,2-,3-,4?,5-,6?;;/m0../s1. The maximum atomic E-state index is 10.7. The highest BCUT2D eigenvalue weighted by atomic mass is 31.2. The minimum Gasteiger partial charge on any atom is -0.756 e. The summed E-state index contributed by atoms with van der Waals surface area (Å²) in [7, 11) is -10.7. The molecule has 11 N–H and O–H groups in total. The van der Waals surface area contributed by atoms with E-state index < -0.39 is 52.3 Å². The Morgan fingerprint density at radius 2 is 1.09 bits per heavy atom. The smallest absolute Gasteiger partial charge is 0.470 e. The van der Waals surface area contributed by atoms with E-state index in [2.05, 4.69) is 9.05 Å². The predicted octanol–water partition coefficient (Wildman–Crippen LogP) is -2.80. The summed E-state index contributed by atoms with van der Waals surface area (Å²) in [6.45, 7) is 0. The minimum absolute atomic E-state index is 0. The second kappa shape index (κ2) is 8.19. The number of hydrogen-bond acceptors (Lipinski definition) is 9. The van der Waals surface area contributed by atoms with E-state index in [-0.39, 0.29) is 12.3 Å². The van der Waals surface area contributed by atoms with Crippen molar-refractivity contribution in [3.05, 3.63) is 12.3 Å². The van der Waals surface area contributed by atoms with Crippen LogP contribution < -0.4 is 4.89 Å². The molecule has 0 heterocycles. The molecule has 0 amide bonds. The molecule has 1 rings (SSSR count). The summed E-state index contributed by atoms with van der Waals surface area (Å²) in [6, 6.07) is 0. The van der Waals surface area contributed by atoms with Crippen LogP contribution in [0.25, 0.3) is 12.3 Å². The molecular weight excluding hydrogens is 354 g/mol. The van der Waals surface area contributed by atoms with E-state index in [1.165, 1.54) is 0 Å². The molecule has 0 aromatic carbocycles. The van der Waals surface area contributed by atoms with Gasteiger partial charge in [0.15, 0.2) is 0 Å². The van der Waals surface area contributed by atoms with Crippen molar-refractivity contribution in [1.29, 1.82) is 0 Å². The molecule has 0 aromatic rings. The summed E-state index contributed by atoms with van der Waals surface area (Å²) in [6.07, 6.45) is -13.1. The molecule has 14 nitrogen and oxygen atoms in total. The Balaban J connectivity index is 0. The Bertz CT molecular complexity index is 399. The quantitative estimate of drug-likeness (QED) is 0.247. The van der Waals surface area contributed by atoms with E-state index in [9.17, 15) is 34.4 Å². The molecule has 0 spiro atoms. The van der Waals surface area contributed by atoms with E-state index in [0.717, 1.165) is 0 Å². The first-order valence-electron chi connectivity index (χ1n) is 5.02. The Kier molecular flexibility index (Phi) is 9.02. The van der Waals surface area contributed by atoms with E-state index in [1.54, 1.807) is 0 Å². The van der Waals surface area contributed by atoms with Gasteiger partial charge in [-0.25, -0.2) is 4.57 Å². The van der Waals surface area contributed by atoms with Crippen molar-refractivity contribution in [3.8, 4) is 0 Å². The van der Waals surface area contributed by atoms with Crippen molar-refractivity contribution in [2.45, 2.75) is 36.6 Å². The third kappa shape index (κ3) is 6.23. The van der Waals surface area contributed by atoms with Crippen LogP contribution in [0.4, 0.5) is 0 Å². The van der Waals surface area contributed by atoms with Gasteiger partial charge in [0.2, 0.25) is 0 Å². The van der Waals surface area contributed by atoms with Gasteiger partial charge in [0.1, 0.15) is 36.6 Å². The third-order valence-electron chi connectivity index (χ3n) is 2.56. The molecule has 0 radical (unpaired) electrons. The summed E-state index contributed by atoms with van der Waals surface area (Å²) >= 11 is 0. The third-order valence-corrected chi connectivity index (χ3v) is 3.59. The van der Waals surface area contributed by atoms with Crippen LogP contribution in [-0.2, 0) is 18.2 Å². The summed E-state index contributed by atoms with van der Waals surface area (Å²) in [5, 5.41) is 37.9. The maximum absolute atomic E-state index is 10.7. The number of phosphoric acid groups is 2. The first-order chi connectivity index (χ1) is 8.83. The first-order valence-corrected chi connectivity index (χ1v) is 8.04. The molecule has 1 fully saturated rings. The van der Waals surface area contributed by atoms with Gasteiger partial charge >= 0.3 is 7.82 Å². The lowest BCUT2D eigenvalue weighted by Gasteiger charge is -2.43. The molecule has 22 heavy (non-hydrogen) atoms. The molecule has 4 unspecified atom stereocenters. The van der Waals surface area contributed by atoms with Gasteiger partial charge in [-0.05, 0) is 0 Å². The number of aliphatic hydroxyl groups is 4. The lowest BCUT2D eigenvalue weighted by Crippen LogP contribution is -2.64. The van der Waals surface area contributed by atoms with Crippen molar-refractivity contribution in [1.82, 2.24) is 0 Å². The van der Waals surface area contributed by atoms with Crippen LogP contribution in [0.5, 0.6) is 0 Å². The second-order valence-electron chi connectivity index (χ2n) is 4.06. The summed E-state index contributed by atoms with van der Waals surface area (Å²) in [4.78, 5) is 36.2. The van der Waals surface area contributed by atoms with E-state index in [0.29, 0.717) is 0 Å². The second-order valence-corrected chi connectivity index (χ2v) is 6.40. The summed E-state index contributed by atoms with van der Waals surface area (Å²) in [5.74, 6) is 0. The van der Waals surface area contributed by atoms with Crippen molar-refractivity contribution >= 4 is 15.6 Å². The van der Waals surface area contributed by atoms with Crippen molar-refractivity contribution < 1.29 is 58.2 Å². The Morgan fingerprint density at radius 3 is 1.41 bits per heavy atom. The van der Waals surface area contributed by atoms with E-state index >= 15 is 0 Å². The lowest BCUT2D eigenvalue weighted by molar-refractivity contribution is -0.255. The van der Waals surface area contributed by atoms with Crippen LogP contribution in [0.3, 0.4) is 0 Å². The Morgan fingerprint density at radius 1 is 0.727 bits per heavy atom. The van der Waals surface area contributed by atoms with Gasteiger partial charge < -0.3 is 56.8 Å². The SMILES string of the molecule is O=P([O-])(O)OC1C(O)[C@@H](OP(=O)(O)O)[C@@H](O)C(O)[C@@H]1O.[NH2-].[NH2-]. The average Bonchev–Trinajstić information content (AvgIpc) is 2.25. The molecule has 0 bridgehead atoms. The maximum Gasteiger partial charge on any atom is 0.470 e. The van der Waals surface area contributed by atoms with Gasteiger partial charge in [-0.15, -0.1) is 0 Å². The molecule has 16 heteroatoms. The van der Waals surface area contributed by atoms with Gasteiger partial charge in [0.05, 0.1) is 0 Å². The monoisotopic (exact) mass is 371 g/mol. The normalized spacial score (nSPS) is 38.4. The molecule has 0 aliphatic heterocycles.